The van der Waals surface area contributed by atoms with Crippen molar-refractivity contribution in [2.75, 3.05) is 31.7 Å². The number of likely N-dealkylation sites (tertiary alicyclic amines) is 1. The topological polar surface area (TPSA) is 105 Å². The minimum absolute atomic E-state index is 0.0965. The van der Waals surface area contributed by atoms with E-state index in [0.29, 0.717) is 17.0 Å². The van der Waals surface area contributed by atoms with E-state index in [1.54, 1.807) is 36.4 Å². The van der Waals surface area contributed by atoms with Gasteiger partial charge in [-0.2, -0.15) is 0 Å². The Bertz CT molecular complexity index is 1400. The number of anilines is 1. The lowest BCUT2D eigenvalue weighted by Gasteiger charge is -2.33. The third-order valence-corrected chi connectivity index (χ3v) is 7.51. The molecule has 0 aromatic heterocycles. The van der Waals surface area contributed by atoms with Crippen LogP contribution in [0, 0.1) is 0 Å². The van der Waals surface area contributed by atoms with Crippen LogP contribution in [0.5, 0.6) is 5.75 Å². The van der Waals surface area contributed by atoms with Crippen LogP contribution in [0.2, 0.25) is 0 Å². The number of imide groups is 1. The van der Waals surface area contributed by atoms with Crippen LogP contribution in [-0.4, -0.2) is 67.4 Å². The number of ketones is 1. The highest BCUT2D eigenvalue weighted by atomic mass is 16.5. The second-order valence-electron chi connectivity index (χ2n) is 10.3. The average molecular weight is 556 g/mol. The fourth-order valence-corrected chi connectivity index (χ4v) is 5.26. The van der Waals surface area contributed by atoms with Crippen LogP contribution in [0.1, 0.15) is 45.5 Å². The van der Waals surface area contributed by atoms with Crippen LogP contribution in [0.15, 0.2) is 78.9 Å². The number of amides is 2. The monoisotopic (exact) mass is 555 g/mol. The zero-order valence-corrected chi connectivity index (χ0v) is 23.0. The van der Waals surface area contributed by atoms with Crippen molar-refractivity contribution in [1.82, 2.24) is 10.2 Å². The Morgan fingerprint density at radius 3 is 2.34 bits per heavy atom. The molecule has 2 fully saturated rings. The Hall–Kier alpha value is -4.34. The van der Waals surface area contributed by atoms with Gasteiger partial charge in [0, 0.05) is 18.2 Å². The number of esters is 1. The highest BCUT2D eigenvalue weighted by Crippen LogP contribution is 2.25. The van der Waals surface area contributed by atoms with Gasteiger partial charge in [-0.3, -0.25) is 19.3 Å². The van der Waals surface area contributed by atoms with Crippen molar-refractivity contribution < 1.29 is 28.7 Å². The molecule has 0 aliphatic carbocycles. The zero-order chi connectivity index (χ0) is 28.8. The summed E-state index contributed by atoms with van der Waals surface area (Å²) in [5, 5.41) is 3.41. The number of Topliss-reactive ketones (excluding diaryl/α,β-unsaturated/α-hetero) is 1. The van der Waals surface area contributed by atoms with E-state index >= 15 is 0 Å². The van der Waals surface area contributed by atoms with Crippen molar-refractivity contribution in [3.05, 3.63) is 95.6 Å². The molecular weight excluding hydrogens is 522 g/mol. The lowest BCUT2D eigenvalue weighted by Crippen LogP contribution is -2.48. The molecular formula is C32H33N3O6. The quantitative estimate of drug-likeness (QED) is 0.230. The molecule has 2 heterocycles. The third-order valence-electron chi connectivity index (χ3n) is 7.51. The van der Waals surface area contributed by atoms with Gasteiger partial charge in [-0.1, -0.05) is 42.5 Å². The molecule has 9 heteroatoms. The maximum absolute atomic E-state index is 13.2. The molecule has 3 aromatic rings. The summed E-state index contributed by atoms with van der Waals surface area (Å²) < 4.78 is 10.3. The summed E-state index contributed by atoms with van der Waals surface area (Å²) in [6.45, 7) is 2.33. The van der Waals surface area contributed by atoms with Gasteiger partial charge in [-0.05, 0) is 67.9 Å². The molecule has 0 saturated carbocycles. The Morgan fingerprint density at radius 2 is 1.63 bits per heavy atom. The fraction of sp³-hybridized carbons (Fsp3) is 0.312. The SMILES string of the molecule is COc1cccc(C(=O)COC(=O)c2ccc(N3C(=O)CC(NC4CCN(Cc5ccccc5)CC4)C3=O)cc2)c1. The molecule has 2 aliphatic rings. The second kappa shape index (κ2) is 12.9. The Morgan fingerprint density at radius 1 is 0.902 bits per heavy atom. The molecule has 41 heavy (non-hydrogen) atoms. The molecule has 9 nitrogen and oxygen atoms in total. The van der Waals surface area contributed by atoms with Gasteiger partial charge < -0.3 is 14.8 Å². The standard InChI is InChI=1S/C32H33N3O6/c1-40-27-9-5-8-24(18-27)29(36)21-41-32(39)23-10-12-26(13-11-23)35-30(37)19-28(31(35)38)33-25-14-16-34(17-15-25)20-22-6-3-2-4-7-22/h2-13,18,25,28,33H,14-17,19-21H2,1H3. The largest absolute Gasteiger partial charge is 0.497 e. The summed E-state index contributed by atoms with van der Waals surface area (Å²) in [4.78, 5) is 54.4. The number of hydrogen-bond acceptors (Lipinski definition) is 8. The number of carbonyl (C=O) groups excluding carboxylic acids is 4. The van der Waals surface area contributed by atoms with Crippen LogP contribution < -0.4 is 15.0 Å². The van der Waals surface area contributed by atoms with Gasteiger partial charge in [0.15, 0.2) is 12.4 Å². The van der Waals surface area contributed by atoms with Crippen molar-refractivity contribution in [3.63, 3.8) is 0 Å². The predicted molar refractivity (Wildman–Crippen MR) is 153 cm³/mol. The van der Waals surface area contributed by atoms with Gasteiger partial charge in [0.05, 0.1) is 30.8 Å². The Kier molecular flexibility index (Phi) is 8.86. The number of hydrogen-bond donors (Lipinski definition) is 1. The van der Waals surface area contributed by atoms with Gasteiger partial charge in [0.25, 0.3) is 5.91 Å². The predicted octanol–water partition coefficient (Wildman–Crippen LogP) is 3.62. The summed E-state index contributed by atoms with van der Waals surface area (Å²) in [5.74, 6) is -1.08. The summed E-state index contributed by atoms with van der Waals surface area (Å²) in [5.41, 5.74) is 2.26. The van der Waals surface area contributed by atoms with Crippen molar-refractivity contribution in [1.29, 1.82) is 0 Å². The average Bonchev–Trinajstić information content (AvgIpc) is 3.29. The molecule has 3 aromatic carbocycles. The number of benzene rings is 3. The maximum Gasteiger partial charge on any atom is 0.338 e. The molecule has 212 valence electrons. The van der Waals surface area contributed by atoms with Crippen molar-refractivity contribution >= 4 is 29.3 Å². The number of nitrogens with zero attached hydrogens (tertiary/aromatic N) is 2. The van der Waals surface area contributed by atoms with Gasteiger partial charge in [0.2, 0.25) is 5.91 Å². The number of nitrogens with one attached hydrogen (secondary N) is 1. The maximum atomic E-state index is 13.2. The first-order valence-corrected chi connectivity index (χ1v) is 13.7. The summed E-state index contributed by atoms with van der Waals surface area (Å²) in [6.07, 6.45) is 1.91. The Balaban J connectivity index is 1.11. The highest BCUT2D eigenvalue weighted by molar-refractivity contribution is 6.22. The van der Waals surface area contributed by atoms with Crippen molar-refractivity contribution in [3.8, 4) is 5.75 Å². The van der Waals surface area contributed by atoms with E-state index in [2.05, 4.69) is 22.3 Å². The van der Waals surface area contributed by atoms with Crippen molar-refractivity contribution in [2.45, 2.75) is 37.9 Å². The van der Waals surface area contributed by atoms with Gasteiger partial charge in [0.1, 0.15) is 5.75 Å². The lowest BCUT2D eigenvalue weighted by molar-refractivity contribution is -0.121. The number of piperidine rings is 1. The number of carbonyl (C=O) groups is 4. The fourth-order valence-electron chi connectivity index (χ4n) is 5.26. The normalized spacial score (nSPS) is 18.0. The van der Waals surface area contributed by atoms with E-state index in [4.69, 9.17) is 9.47 Å². The highest BCUT2D eigenvalue weighted by Gasteiger charge is 2.40. The number of ether oxygens (including phenoxy) is 2. The van der Waals surface area contributed by atoms with Crippen molar-refractivity contribution in [2.24, 2.45) is 0 Å². The molecule has 2 amide bonds. The lowest BCUT2D eigenvalue weighted by atomic mass is 10.0. The van der Waals surface area contributed by atoms with Crippen LogP contribution in [0.4, 0.5) is 5.69 Å². The van der Waals surface area contributed by atoms with Gasteiger partial charge >= 0.3 is 5.97 Å². The molecule has 1 atom stereocenters. The van der Waals surface area contributed by atoms with Crippen LogP contribution in [0.3, 0.4) is 0 Å². The minimum Gasteiger partial charge on any atom is -0.497 e. The number of rotatable bonds is 10. The molecule has 0 spiro atoms. The van der Waals surface area contributed by atoms with E-state index in [-0.39, 0.29) is 35.6 Å². The number of methoxy groups -OCH3 is 1. The minimum atomic E-state index is -0.676. The molecule has 5 rings (SSSR count). The smallest absolute Gasteiger partial charge is 0.338 e. The molecule has 0 radical (unpaired) electrons. The Labute approximate surface area is 239 Å². The van der Waals surface area contributed by atoms with Crippen LogP contribution in [0.25, 0.3) is 0 Å². The van der Waals surface area contributed by atoms with Gasteiger partial charge in [-0.15, -0.1) is 0 Å². The van der Waals surface area contributed by atoms with Gasteiger partial charge in [-0.25, -0.2) is 9.69 Å². The molecule has 1 unspecified atom stereocenters. The van der Waals surface area contributed by atoms with Crippen LogP contribution in [-0.2, 0) is 20.9 Å². The first kappa shape index (κ1) is 28.2. The van der Waals surface area contributed by atoms with E-state index in [1.807, 2.05) is 18.2 Å². The summed E-state index contributed by atoms with van der Waals surface area (Å²) >= 11 is 0. The third kappa shape index (κ3) is 6.87. The van der Waals surface area contributed by atoms with E-state index in [1.165, 1.54) is 29.7 Å². The first-order chi connectivity index (χ1) is 19.9. The molecule has 0 bridgehead atoms. The van der Waals surface area contributed by atoms with Crippen LogP contribution >= 0.6 is 0 Å². The van der Waals surface area contributed by atoms with E-state index in [0.717, 1.165) is 32.5 Å². The summed E-state index contributed by atoms with van der Waals surface area (Å²) in [7, 11) is 1.50. The second-order valence-corrected chi connectivity index (χ2v) is 10.3. The summed E-state index contributed by atoms with van der Waals surface area (Å²) in [6, 6.07) is 22.6. The van der Waals surface area contributed by atoms with E-state index in [9.17, 15) is 19.2 Å². The first-order valence-electron chi connectivity index (χ1n) is 13.7. The molecule has 2 aliphatic heterocycles. The molecule has 1 N–H and O–H groups in total. The van der Waals surface area contributed by atoms with E-state index < -0.39 is 18.6 Å². The zero-order valence-electron chi connectivity index (χ0n) is 23.0. The molecule has 2 saturated heterocycles.